The molecule has 0 saturated carbocycles. The zero-order chi connectivity index (χ0) is 20.5. The molecule has 1 aliphatic heterocycles. The maximum atomic E-state index is 13.4. The smallest absolute Gasteiger partial charge is 0.313 e. The first kappa shape index (κ1) is 18.7. The normalized spacial score (nSPS) is 13.9. The molecule has 0 N–H and O–H groups in total. The van der Waals surface area contributed by atoms with E-state index in [1.807, 2.05) is 0 Å². The number of nitrogens with zero attached hydrogens (tertiary/aromatic N) is 4. The number of aryl methyl sites for hydroxylation is 1. The highest BCUT2D eigenvalue weighted by molar-refractivity contribution is 5.82. The number of hydrogen-bond donors (Lipinski definition) is 0. The lowest BCUT2D eigenvalue weighted by Crippen LogP contribution is -2.19. The molecule has 0 unspecified atom stereocenters. The molecule has 1 aromatic carbocycles. The van der Waals surface area contributed by atoms with E-state index >= 15 is 0 Å². The topological polar surface area (TPSA) is 97.5 Å². The second kappa shape index (κ2) is 7.38. The molecule has 1 aliphatic rings. The van der Waals surface area contributed by atoms with Crippen LogP contribution in [0.4, 0.5) is 4.39 Å². The second-order valence-electron chi connectivity index (χ2n) is 6.42. The van der Waals surface area contributed by atoms with Crippen LogP contribution in [0.1, 0.15) is 18.5 Å². The lowest BCUT2D eigenvalue weighted by molar-refractivity contribution is -0.143. The van der Waals surface area contributed by atoms with Gasteiger partial charge in [0.05, 0.1) is 32.7 Å². The molecule has 0 amide bonds. The van der Waals surface area contributed by atoms with E-state index in [1.54, 1.807) is 30.2 Å². The van der Waals surface area contributed by atoms with Gasteiger partial charge in [0.15, 0.2) is 0 Å². The fourth-order valence-electron chi connectivity index (χ4n) is 3.03. The van der Waals surface area contributed by atoms with Crippen LogP contribution in [-0.4, -0.2) is 38.6 Å². The summed E-state index contributed by atoms with van der Waals surface area (Å²) in [6.07, 6.45) is 3.21. The number of benzene rings is 1. The number of halogens is 1. The van der Waals surface area contributed by atoms with E-state index in [0.717, 1.165) is 0 Å². The van der Waals surface area contributed by atoms with Crippen molar-refractivity contribution in [3.63, 3.8) is 0 Å². The van der Waals surface area contributed by atoms with E-state index in [1.165, 1.54) is 23.9 Å². The molecule has 2 aromatic heterocycles. The molecule has 0 spiro atoms. The first-order valence-corrected chi connectivity index (χ1v) is 8.78. The van der Waals surface area contributed by atoms with Crippen LogP contribution in [0.15, 0.2) is 30.6 Å². The van der Waals surface area contributed by atoms with Crippen LogP contribution < -0.4 is 14.2 Å². The van der Waals surface area contributed by atoms with Crippen LogP contribution in [0.5, 0.6) is 17.4 Å². The largest absolute Gasteiger partial charge is 0.496 e. The first-order valence-electron chi connectivity index (χ1n) is 8.78. The van der Waals surface area contributed by atoms with E-state index in [-0.39, 0.29) is 31.0 Å². The van der Waals surface area contributed by atoms with Crippen molar-refractivity contribution in [2.45, 2.75) is 19.4 Å². The van der Waals surface area contributed by atoms with Crippen LogP contribution in [0.3, 0.4) is 0 Å². The van der Waals surface area contributed by atoms with Crippen LogP contribution in [0.25, 0.3) is 11.1 Å². The number of esters is 2. The Morgan fingerprint density at radius 1 is 1.21 bits per heavy atom. The molecule has 3 heterocycles. The van der Waals surface area contributed by atoms with E-state index in [0.29, 0.717) is 22.6 Å². The predicted molar refractivity (Wildman–Crippen MR) is 97.0 cm³/mol. The SMILES string of the molecule is COc1cc(F)ccc1-c1cnn(Cc2nn(C)c3c2OC(=O)CCC(=O)O3)c1. The minimum Gasteiger partial charge on any atom is -0.496 e. The van der Waals surface area contributed by atoms with Crippen molar-refractivity contribution in [1.82, 2.24) is 19.6 Å². The van der Waals surface area contributed by atoms with E-state index < -0.39 is 17.8 Å². The van der Waals surface area contributed by atoms with Gasteiger partial charge in [-0.2, -0.15) is 10.2 Å². The molecule has 3 aromatic rings. The van der Waals surface area contributed by atoms with Gasteiger partial charge in [-0.05, 0) is 12.1 Å². The average molecular weight is 400 g/mol. The Morgan fingerprint density at radius 3 is 2.72 bits per heavy atom. The minimum absolute atomic E-state index is 0.0548. The van der Waals surface area contributed by atoms with Crippen LogP contribution in [0.2, 0.25) is 0 Å². The molecule has 9 nitrogen and oxygen atoms in total. The van der Waals surface area contributed by atoms with E-state index in [2.05, 4.69) is 10.2 Å². The number of ether oxygens (including phenoxy) is 3. The lowest BCUT2D eigenvalue weighted by Gasteiger charge is -2.11. The number of hydrogen-bond acceptors (Lipinski definition) is 7. The van der Waals surface area contributed by atoms with Gasteiger partial charge in [0.2, 0.25) is 5.75 Å². The minimum atomic E-state index is -0.533. The molecule has 4 rings (SSSR count). The lowest BCUT2D eigenvalue weighted by atomic mass is 10.1. The summed E-state index contributed by atoms with van der Waals surface area (Å²) in [5.41, 5.74) is 1.77. The average Bonchev–Trinajstić information content (AvgIpc) is 3.25. The number of carbonyl (C=O) groups is 2. The van der Waals surface area contributed by atoms with Crippen molar-refractivity contribution in [2.24, 2.45) is 7.05 Å². The molecule has 150 valence electrons. The zero-order valence-corrected chi connectivity index (χ0v) is 15.7. The third kappa shape index (κ3) is 3.68. The van der Waals surface area contributed by atoms with Gasteiger partial charge < -0.3 is 14.2 Å². The van der Waals surface area contributed by atoms with Crippen molar-refractivity contribution in [3.05, 3.63) is 42.1 Å². The fraction of sp³-hybridized carbons (Fsp3) is 0.263. The second-order valence-corrected chi connectivity index (χ2v) is 6.42. The number of carbonyl (C=O) groups excluding carboxylic acids is 2. The summed E-state index contributed by atoms with van der Waals surface area (Å²) < 4.78 is 32.2. The predicted octanol–water partition coefficient (Wildman–Crippen LogP) is 2.08. The highest BCUT2D eigenvalue weighted by Gasteiger charge is 2.27. The van der Waals surface area contributed by atoms with Gasteiger partial charge in [0.25, 0.3) is 5.88 Å². The van der Waals surface area contributed by atoms with Gasteiger partial charge >= 0.3 is 11.9 Å². The Bertz CT molecular complexity index is 1100. The first-order chi connectivity index (χ1) is 13.9. The van der Waals surface area contributed by atoms with Crippen molar-refractivity contribution >= 4 is 11.9 Å². The Kier molecular flexibility index (Phi) is 4.75. The van der Waals surface area contributed by atoms with Crippen molar-refractivity contribution < 1.29 is 28.2 Å². The molecule has 0 fully saturated rings. The van der Waals surface area contributed by atoms with Crippen LogP contribution in [-0.2, 0) is 23.2 Å². The summed E-state index contributed by atoms with van der Waals surface area (Å²) in [4.78, 5) is 23.7. The van der Waals surface area contributed by atoms with E-state index in [4.69, 9.17) is 14.2 Å². The zero-order valence-electron chi connectivity index (χ0n) is 15.7. The van der Waals surface area contributed by atoms with Gasteiger partial charge in [0, 0.05) is 30.4 Å². The summed E-state index contributed by atoms with van der Waals surface area (Å²) >= 11 is 0. The maximum absolute atomic E-state index is 13.4. The molecule has 0 aliphatic carbocycles. The molecular formula is C19H17FN4O5. The Morgan fingerprint density at radius 2 is 1.97 bits per heavy atom. The summed E-state index contributed by atoms with van der Waals surface area (Å²) in [5.74, 6) is -0.904. The highest BCUT2D eigenvalue weighted by Crippen LogP contribution is 2.34. The van der Waals surface area contributed by atoms with Crippen LogP contribution in [0, 0.1) is 5.82 Å². The summed E-state index contributed by atoms with van der Waals surface area (Å²) in [7, 11) is 3.05. The molecule has 29 heavy (non-hydrogen) atoms. The van der Waals surface area contributed by atoms with Crippen molar-refractivity contribution in [2.75, 3.05) is 7.11 Å². The Hall–Kier alpha value is -3.69. The standard InChI is InChI=1S/C19H17FN4O5/c1-23-19-18(28-16(25)5-6-17(26)29-19)14(22-23)10-24-9-11(8-21-24)13-4-3-12(20)7-15(13)27-2/h3-4,7-9H,5-6,10H2,1-2H3. The van der Waals surface area contributed by atoms with Gasteiger partial charge in [-0.1, -0.05) is 0 Å². The summed E-state index contributed by atoms with van der Waals surface area (Å²) in [6, 6.07) is 4.24. The van der Waals surface area contributed by atoms with Gasteiger partial charge in [-0.3, -0.25) is 14.3 Å². The maximum Gasteiger partial charge on any atom is 0.313 e. The summed E-state index contributed by atoms with van der Waals surface area (Å²) in [5, 5.41) is 8.58. The highest BCUT2D eigenvalue weighted by atomic mass is 19.1. The number of fused-ring (bicyclic) bond motifs is 1. The molecule has 0 saturated heterocycles. The third-order valence-electron chi connectivity index (χ3n) is 4.40. The number of rotatable bonds is 4. The summed E-state index contributed by atoms with van der Waals surface area (Å²) in [6.45, 7) is 0.164. The molecule has 0 radical (unpaired) electrons. The monoisotopic (exact) mass is 400 g/mol. The van der Waals surface area contributed by atoms with Gasteiger partial charge in [0.1, 0.15) is 17.3 Å². The fourth-order valence-corrected chi connectivity index (χ4v) is 3.03. The molecule has 0 bridgehead atoms. The Labute approximate surface area is 164 Å². The molecule has 0 atom stereocenters. The number of aromatic nitrogens is 4. The van der Waals surface area contributed by atoms with E-state index in [9.17, 15) is 14.0 Å². The quantitative estimate of drug-likeness (QED) is 0.619. The van der Waals surface area contributed by atoms with Crippen LogP contribution >= 0.6 is 0 Å². The molecular weight excluding hydrogens is 383 g/mol. The van der Waals surface area contributed by atoms with Crippen molar-refractivity contribution in [1.29, 1.82) is 0 Å². The van der Waals surface area contributed by atoms with Crippen molar-refractivity contribution in [3.8, 4) is 28.5 Å². The number of methoxy groups -OCH3 is 1. The molecule has 10 heteroatoms. The third-order valence-corrected chi connectivity index (χ3v) is 4.40. The Balaban J connectivity index is 1.65. The van der Waals surface area contributed by atoms with Gasteiger partial charge in [-0.25, -0.2) is 9.07 Å². The van der Waals surface area contributed by atoms with Gasteiger partial charge in [-0.15, -0.1) is 0 Å².